The quantitative estimate of drug-likeness (QED) is 0.863. The van der Waals surface area contributed by atoms with Gasteiger partial charge in [-0.25, -0.2) is 0 Å². The highest BCUT2D eigenvalue weighted by atomic mass is 16.5. The minimum atomic E-state index is 0.206. The zero-order valence-corrected chi connectivity index (χ0v) is 9.77. The first-order valence-corrected chi connectivity index (χ1v) is 5.96. The largest absolute Gasteiger partial charge is 0.469 e. The van der Waals surface area contributed by atoms with Crippen LogP contribution in [-0.4, -0.2) is 16.7 Å². The predicted octanol–water partition coefficient (Wildman–Crippen LogP) is 2.45. The maximum atomic E-state index is 5.32. The molecule has 5 heteroatoms. The van der Waals surface area contributed by atoms with Crippen molar-refractivity contribution in [2.24, 2.45) is 0 Å². The average molecular weight is 233 g/mol. The maximum Gasteiger partial charge on any atom is 0.244 e. The normalized spacial score (nSPS) is 20.6. The van der Waals surface area contributed by atoms with Crippen molar-refractivity contribution in [3.05, 3.63) is 24.0 Å². The number of hydrogen-bond donors (Lipinski definition) is 1. The third-order valence-electron chi connectivity index (χ3n) is 3.15. The Morgan fingerprint density at radius 3 is 3.06 bits per heavy atom. The van der Waals surface area contributed by atoms with Crippen LogP contribution in [0.25, 0.3) is 11.4 Å². The number of piperidine rings is 1. The van der Waals surface area contributed by atoms with Crippen molar-refractivity contribution in [3.63, 3.8) is 0 Å². The van der Waals surface area contributed by atoms with Gasteiger partial charge in [0.05, 0.1) is 17.9 Å². The number of hydrogen-bond acceptors (Lipinski definition) is 5. The van der Waals surface area contributed by atoms with E-state index in [4.69, 9.17) is 8.94 Å². The Morgan fingerprint density at radius 2 is 2.35 bits per heavy atom. The highest BCUT2D eigenvalue weighted by molar-refractivity contribution is 5.56. The SMILES string of the molecule is Cc1occc1-c1noc(C2CCCCN2)n1. The highest BCUT2D eigenvalue weighted by Gasteiger charge is 2.22. The zero-order valence-electron chi connectivity index (χ0n) is 9.77. The highest BCUT2D eigenvalue weighted by Crippen LogP contribution is 2.25. The average Bonchev–Trinajstić information content (AvgIpc) is 2.98. The molecule has 2 aromatic rings. The van der Waals surface area contributed by atoms with Crippen LogP contribution in [0.2, 0.25) is 0 Å². The van der Waals surface area contributed by atoms with Gasteiger partial charge >= 0.3 is 0 Å². The molecular weight excluding hydrogens is 218 g/mol. The van der Waals surface area contributed by atoms with Gasteiger partial charge in [-0.1, -0.05) is 11.6 Å². The van der Waals surface area contributed by atoms with Crippen molar-refractivity contribution < 1.29 is 8.94 Å². The standard InChI is InChI=1S/C12H15N3O2/c1-8-9(5-7-16-8)11-14-12(17-15-11)10-4-2-3-6-13-10/h5,7,10,13H,2-4,6H2,1H3. The summed E-state index contributed by atoms with van der Waals surface area (Å²) in [5, 5.41) is 7.40. The van der Waals surface area contributed by atoms with Crippen molar-refractivity contribution in [3.8, 4) is 11.4 Å². The fraction of sp³-hybridized carbons (Fsp3) is 0.500. The van der Waals surface area contributed by atoms with Crippen LogP contribution in [0.5, 0.6) is 0 Å². The molecule has 1 atom stereocenters. The van der Waals surface area contributed by atoms with Crippen molar-refractivity contribution in [2.75, 3.05) is 6.54 Å². The molecule has 17 heavy (non-hydrogen) atoms. The van der Waals surface area contributed by atoms with E-state index in [1.807, 2.05) is 13.0 Å². The smallest absolute Gasteiger partial charge is 0.244 e. The van der Waals surface area contributed by atoms with Gasteiger partial charge in [0, 0.05) is 0 Å². The van der Waals surface area contributed by atoms with E-state index in [1.165, 1.54) is 12.8 Å². The van der Waals surface area contributed by atoms with Gasteiger partial charge in [0.2, 0.25) is 11.7 Å². The van der Waals surface area contributed by atoms with Gasteiger partial charge < -0.3 is 14.3 Å². The second-order valence-electron chi connectivity index (χ2n) is 4.35. The van der Waals surface area contributed by atoms with Gasteiger partial charge in [-0.05, 0) is 32.4 Å². The van der Waals surface area contributed by atoms with E-state index in [9.17, 15) is 0 Å². The molecule has 0 saturated carbocycles. The lowest BCUT2D eigenvalue weighted by Crippen LogP contribution is -2.26. The fourth-order valence-corrected chi connectivity index (χ4v) is 2.17. The third-order valence-corrected chi connectivity index (χ3v) is 3.15. The molecule has 1 aliphatic rings. The molecular formula is C12H15N3O2. The lowest BCUT2D eigenvalue weighted by atomic mass is 10.1. The van der Waals surface area contributed by atoms with Gasteiger partial charge in [0.15, 0.2) is 0 Å². The molecule has 0 aromatic carbocycles. The number of furan rings is 1. The van der Waals surface area contributed by atoms with Crippen LogP contribution in [-0.2, 0) is 0 Å². The molecule has 0 amide bonds. The number of nitrogens with zero attached hydrogens (tertiary/aromatic N) is 2. The monoisotopic (exact) mass is 233 g/mol. The summed E-state index contributed by atoms with van der Waals surface area (Å²) in [5.74, 6) is 2.10. The summed E-state index contributed by atoms with van der Waals surface area (Å²) in [6, 6.07) is 2.07. The molecule has 1 saturated heterocycles. The second-order valence-corrected chi connectivity index (χ2v) is 4.35. The molecule has 1 aliphatic heterocycles. The number of rotatable bonds is 2. The molecule has 0 radical (unpaired) electrons. The minimum Gasteiger partial charge on any atom is -0.469 e. The van der Waals surface area contributed by atoms with E-state index >= 15 is 0 Å². The lowest BCUT2D eigenvalue weighted by molar-refractivity contribution is 0.297. The zero-order chi connectivity index (χ0) is 11.7. The molecule has 5 nitrogen and oxygen atoms in total. The molecule has 1 N–H and O–H groups in total. The second kappa shape index (κ2) is 4.33. The van der Waals surface area contributed by atoms with Crippen molar-refractivity contribution in [2.45, 2.75) is 32.2 Å². The first-order valence-electron chi connectivity index (χ1n) is 5.96. The Bertz CT molecular complexity index is 497. The van der Waals surface area contributed by atoms with Gasteiger partial charge in [0.1, 0.15) is 5.76 Å². The van der Waals surface area contributed by atoms with Crippen LogP contribution in [0.4, 0.5) is 0 Å². The van der Waals surface area contributed by atoms with Crippen LogP contribution in [0, 0.1) is 6.92 Å². The van der Waals surface area contributed by atoms with Crippen LogP contribution < -0.4 is 5.32 Å². The summed E-state index contributed by atoms with van der Waals surface area (Å²) in [5.41, 5.74) is 0.899. The Balaban J connectivity index is 1.85. The van der Waals surface area contributed by atoms with E-state index in [1.54, 1.807) is 6.26 Å². The summed E-state index contributed by atoms with van der Waals surface area (Å²) >= 11 is 0. The predicted molar refractivity (Wildman–Crippen MR) is 61.3 cm³/mol. The lowest BCUT2D eigenvalue weighted by Gasteiger charge is -2.19. The molecule has 1 unspecified atom stereocenters. The van der Waals surface area contributed by atoms with Crippen molar-refractivity contribution >= 4 is 0 Å². The van der Waals surface area contributed by atoms with Gasteiger partial charge in [-0.2, -0.15) is 4.98 Å². The summed E-state index contributed by atoms with van der Waals surface area (Å²) in [6.07, 6.45) is 5.13. The summed E-state index contributed by atoms with van der Waals surface area (Å²) in [4.78, 5) is 4.44. The van der Waals surface area contributed by atoms with E-state index in [-0.39, 0.29) is 6.04 Å². The molecule has 0 bridgehead atoms. The number of nitrogens with one attached hydrogen (secondary N) is 1. The first-order chi connectivity index (χ1) is 8.34. The van der Waals surface area contributed by atoms with Crippen molar-refractivity contribution in [1.29, 1.82) is 0 Å². The van der Waals surface area contributed by atoms with Gasteiger partial charge in [-0.15, -0.1) is 0 Å². The first kappa shape index (κ1) is 10.5. The molecule has 0 aliphatic carbocycles. The Labute approximate surface area is 99.2 Å². The fourth-order valence-electron chi connectivity index (χ4n) is 2.17. The van der Waals surface area contributed by atoms with E-state index in [0.717, 1.165) is 24.3 Å². The Kier molecular flexibility index (Phi) is 2.68. The summed E-state index contributed by atoms with van der Waals surface area (Å²) < 4.78 is 10.6. The topological polar surface area (TPSA) is 64.1 Å². The molecule has 2 aromatic heterocycles. The molecule has 3 heterocycles. The van der Waals surface area contributed by atoms with Gasteiger partial charge in [-0.3, -0.25) is 0 Å². The Morgan fingerprint density at radius 1 is 1.41 bits per heavy atom. The number of aryl methyl sites for hydroxylation is 1. The maximum absolute atomic E-state index is 5.32. The summed E-state index contributed by atoms with van der Waals surface area (Å²) in [6.45, 7) is 2.91. The van der Waals surface area contributed by atoms with Gasteiger partial charge in [0.25, 0.3) is 0 Å². The van der Waals surface area contributed by atoms with Crippen LogP contribution >= 0.6 is 0 Å². The number of aromatic nitrogens is 2. The third kappa shape index (κ3) is 1.98. The molecule has 0 spiro atoms. The van der Waals surface area contributed by atoms with E-state index < -0.39 is 0 Å². The van der Waals surface area contributed by atoms with Crippen LogP contribution in [0.1, 0.15) is 37.0 Å². The Hall–Kier alpha value is -1.62. The van der Waals surface area contributed by atoms with Crippen LogP contribution in [0.3, 0.4) is 0 Å². The molecule has 90 valence electrons. The van der Waals surface area contributed by atoms with Crippen LogP contribution in [0.15, 0.2) is 21.3 Å². The molecule has 1 fully saturated rings. The minimum absolute atomic E-state index is 0.206. The molecule has 3 rings (SSSR count). The van der Waals surface area contributed by atoms with E-state index in [0.29, 0.717) is 11.7 Å². The summed E-state index contributed by atoms with van der Waals surface area (Å²) in [7, 11) is 0. The van der Waals surface area contributed by atoms with Crippen molar-refractivity contribution in [1.82, 2.24) is 15.5 Å². The van der Waals surface area contributed by atoms with E-state index in [2.05, 4.69) is 15.5 Å².